The van der Waals surface area contributed by atoms with Crippen molar-refractivity contribution >= 4 is 5.82 Å². The van der Waals surface area contributed by atoms with Gasteiger partial charge in [-0.15, -0.1) is 0 Å². The maximum Gasteiger partial charge on any atom is 0.300 e. The predicted octanol–water partition coefficient (Wildman–Crippen LogP) is 1.16. The largest absolute Gasteiger partial charge is 0.480 e. The van der Waals surface area contributed by atoms with Crippen LogP contribution in [0.4, 0.5) is 5.82 Å². The van der Waals surface area contributed by atoms with E-state index >= 15 is 0 Å². The number of nitrogen functional groups attached to an aromatic ring is 1. The van der Waals surface area contributed by atoms with E-state index in [9.17, 15) is 5.11 Å². The lowest BCUT2D eigenvalue weighted by atomic mass is 10.3. The SMILES string of the molecule is Nc1cnc(O)n1-c1ccccc1. The van der Waals surface area contributed by atoms with Crippen molar-refractivity contribution in [2.75, 3.05) is 5.73 Å². The Labute approximate surface area is 75.3 Å². The smallest absolute Gasteiger partial charge is 0.300 e. The number of imidazole rings is 1. The zero-order chi connectivity index (χ0) is 9.26. The molecule has 1 aromatic heterocycles. The number of nitrogens with two attached hydrogens (primary N) is 1. The van der Waals surface area contributed by atoms with Crippen LogP contribution in [-0.2, 0) is 0 Å². The number of benzene rings is 1. The van der Waals surface area contributed by atoms with E-state index in [1.165, 1.54) is 10.8 Å². The molecule has 0 saturated heterocycles. The van der Waals surface area contributed by atoms with Gasteiger partial charge in [-0.25, -0.2) is 9.55 Å². The first kappa shape index (κ1) is 7.67. The number of hydrogen-bond acceptors (Lipinski definition) is 3. The summed E-state index contributed by atoms with van der Waals surface area (Å²) in [6.07, 6.45) is 1.42. The predicted molar refractivity (Wildman–Crippen MR) is 49.6 cm³/mol. The summed E-state index contributed by atoms with van der Waals surface area (Å²) >= 11 is 0. The Hall–Kier alpha value is -1.97. The van der Waals surface area contributed by atoms with Crippen molar-refractivity contribution in [1.29, 1.82) is 0 Å². The molecule has 0 atom stereocenters. The lowest BCUT2D eigenvalue weighted by Crippen LogP contribution is -1.98. The zero-order valence-corrected chi connectivity index (χ0v) is 6.88. The summed E-state index contributed by atoms with van der Waals surface area (Å²) in [7, 11) is 0. The first-order valence-electron chi connectivity index (χ1n) is 3.86. The summed E-state index contributed by atoms with van der Waals surface area (Å²) in [5, 5.41) is 9.36. The maximum atomic E-state index is 9.36. The fourth-order valence-corrected chi connectivity index (χ4v) is 1.20. The van der Waals surface area contributed by atoms with Gasteiger partial charge in [-0.2, -0.15) is 0 Å². The van der Waals surface area contributed by atoms with E-state index in [0.717, 1.165) is 5.69 Å². The van der Waals surface area contributed by atoms with Gasteiger partial charge in [0.05, 0.1) is 11.9 Å². The normalized spacial score (nSPS) is 10.2. The number of para-hydroxylation sites is 1. The van der Waals surface area contributed by atoms with Crippen molar-refractivity contribution in [3.63, 3.8) is 0 Å². The number of rotatable bonds is 1. The van der Waals surface area contributed by atoms with Crippen molar-refractivity contribution in [1.82, 2.24) is 9.55 Å². The van der Waals surface area contributed by atoms with Gasteiger partial charge in [0.25, 0.3) is 6.01 Å². The third kappa shape index (κ3) is 1.22. The molecule has 66 valence electrons. The molecule has 13 heavy (non-hydrogen) atoms. The maximum absolute atomic E-state index is 9.36. The fraction of sp³-hybridized carbons (Fsp3) is 0. The van der Waals surface area contributed by atoms with E-state index in [0.29, 0.717) is 5.82 Å². The molecule has 0 spiro atoms. The molecule has 3 N–H and O–H groups in total. The molecule has 2 aromatic rings. The van der Waals surface area contributed by atoms with Crippen molar-refractivity contribution in [3.05, 3.63) is 36.5 Å². The van der Waals surface area contributed by atoms with Gasteiger partial charge < -0.3 is 10.8 Å². The lowest BCUT2D eigenvalue weighted by Gasteiger charge is -2.04. The molecule has 0 amide bonds. The minimum Gasteiger partial charge on any atom is -0.480 e. The average molecular weight is 175 g/mol. The van der Waals surface area contributed by atoms with Gasteiger partial charge in [0.2, 0.25) is 0 Å². The summed E-state index contributed by atoms with van der Waals surface area (Å²) in [4.78, 5) is 3.69. The van der Waals surface area contributed by atoms with E-state index in [2.05, 4.69) is 4.98 Å². The summed E-state index contributed by atoms with van der Waals surface area (Å²) in [6, 6.07) is 9.23. The van der Waals surface area contributed by atoms with Crippen LogP contribution in [0.3, 0.4) is 0 Å². The minimum atomic E-state index is -0.0938. The van der Waals surface area contributed by atoms with E-state index in [-0.39, 0.29) is 6.01 Å². The Balaban J connectivity index is 2.59. The Kier molecular flexibility index (Phi) is 1.66. The van der Waals surface area contributed by atoms with Gasteiger partial charge in [0, 0.05) is 0 Å². The van der Waals surface area contributed by atoms with Crippen LogP contribution >= 0.6 is 0 Å². The summed E-state index contributed by atoms with van der Waals surface area (Å²) in [5.74, 6) is 0.420. The standard InChI is InChI=1S/C9H9N3O/c10-8-6-11-9(13)12(8)7-4-2-1-3-5-7/h1-6H,10H2,(H,11,13). The van der Waals surface area contributed by atoms with Crippen LogP contribution in [0.1, 0.15) is 0 Å². The molecule has 0 aliphatic rings. The molecule has 0 unspecified atom stereocenters. The van der Waals surface area contributed by atoms with Gasteiger partial charge in [-0.1, -0.05) is 18.2 Å². The molecule has 1 aromatic carbocycles. The molecule has 0 bridgehead atoms. The summed E-state index contributed by atoms with van der Waals surface area (Å²) in [6.45, 7) is 0. The molecule has 1 heterocycles. The van der Waals surface area contributed by atoms with Gasteiger partial charge in [-0.3, -0.25) is 0 Å². The number of aromatic nitrogens is 2. The molecule has 0 aliphatic carbocycles. The van der Waals surface area contributed by atoms with Gasteiger partial charge in [0.1, 0.15) is 5.82 Å². The molecule has 0 saturated carbocycles. The number of aromatic hydroxyl groups is 1. The molecule has 4 heteroatoms. The second-order valence-corrected chi connectivity index (χ2v) is 2.65. The molecule has 0 radical (unpaired) electrons. The first-order valence-corrected chi connectivity index (χ1v) is 3.86. The van der Waals surface area contributed by atoms with E-state index in [4.69, 9.17) is 5.73 Å². The van der Waals surface area contributed by atoms with E-state index in [1.807, 2.05) is 30.3 Å². The van der Waals surface area contributed by atoms with Gasteiger partial charge in [-0.05, 0) is 12.1 Å². The van der Waals surface area contributed by atoms with Crippen LogP contribution in [0.5, 0.6) is 6.01 Å². The van der Waals surface area contributed by atoms with Crippen molar-refractivity contribution in [2.45, 2.75) is 0 Å². The monoisotopic (exact) mass is 175 g/mol. The van der Waals surface area contributed by atoms with Crippen LogP contribution in [0.2, 0.25) is 0 Å². The van der Waals surface area contributed by atoms with Gasteiger partial charge in [0.15, 0.2) is 0 Å². The minimum absolute atomic E-state index is 0.0938. The highest BCUT2D eigenvalue weighted by Crippen LogP contribution is 2.19. The third-order valence-corrected chi connectivity index (χ3v) is 1.78. The third-order valence-electron chi connectivity index (χ3n) is 1.78. The van der Waals surface area contributed by atoms with Crippen LogP contribution in [0, 0.1) is 0 Å². The van der Waals surface area contributed by atoms with Crippen LogP contribution < -0.4 is 5.73 Å². The summed E-state index contributed by atoms with van der Waals surface area (Å²) < 4.78 is 1.47. The Morgan fingerprint density at radius 1 is 1.23 bits per heavy atom. The van der Waals surface area contributed by atoms with Crippen molar-refractivity contribution in [3.8, 4) is 11.7 Å². The Morgan fingerprint density at radius 2 is 1.92 bits per heavy atom. The second-order valence-electron chi connectivity index (χ2n) is 2.65. The Morgan fingerprint density at radius 3 is 2.46 bits per heavy atom. The van der Waals surface area contributed by atoms with Crippen molar-refractivity contribution in [2.24, 2.45) is 0 Å². The number of nitrogens with zero attached hydrogens (tertiary/aromatic N) is 2. The highest BCUT2D eigenvalue weighted by molar-refractivity contribution is 5.44. The van der Waals surface area contributed by atoms with E-state index in [1.54, 1.807) is 0 Å². The summed E-state index contributed by atoms with van der Waals surface area (Å²) in [5.41, 5.74) is 6.41. The molecular formula is C9H9N3O. The van der Waals surface area contributed by atoms with Crippen molar-refractivity contribution < 1.29 is 5.11 Å². The highest BCUT2D eigenvalue weighted by Gasteiger charge is 2.06. The second kappa shape index (κ2) is 2.82. The van der Waals surface area contributed by atoms with Crippen LogP contribution in [0.25, 0.3) is 5.69 Å². The molecule has 2 rings (SSSR count). The topological polar surface area (TPSA) is 64.1 Å². The number of hydrogen-bond donors (Lipinski definition) is 2. The molecule has 0 fully saturated rings. The zero-order valence-electron chi connectivity index (χ0n) is 6.88. The van der Waals surface area contributed by atoms with Crippen LogP contribution in [0.15, 0.2) is 36.5 Å². The lowest BCUT2D eigenvalue weighted by molar-refractivity contribution is 0.423. The van der Waals surface area contributed by atoms with Crippen LogP contribution in [-0.4, -0.2) is 14.7 Å². The fourth-order valence-electron chi connectivity index (χ4n) is 1.20. The molecular weight excluding hydrogens is 166 g/mol. The average Bonchev–Trinajstić information content (AvgIpc) is 2.48. The first-order chi connectivity index (χ1) is 6.29. The molecule has 4 nitrogen and oxygen atoms in total. The quantitative estimate of drug-likeness (QED) is 0.683. The van der Waals surface area contributed by atoms with E-state index < -0.39 is 0 Å². The van der Waals surface area contributed by atoms with Gasteiger partial charge >= 0.3 is 0 Å². The highest BCUT2D eigenvalue weighted by atomic mass is 16.3. The Bertz CT molecular complexity index is 389. The number of anilines is 1. The molecule has 0 aliphatic heterocycles.